The fraction of sp³-hybridized carbons (Fsp3) is 0.444. The maximum absolute atomic E-state index is 12.0. The summed E-state index contributed by atoms with van der Waals surface area (Å²) in [7, 11) is 2.04. The number of aromatic nitrogens is 2. The molecule has 5 heteroatoms. The van der Waals surface area contributed by atoms with Gasteiger partial charge in [-0.15, -0.1) is 0 Å². The van der Waals surface area contributed by atoms with E-state index in [1.54, 1.807) is 0 Å². The number of benzene rings is 1. The van der Waals surface area contributed by atoms with E-state index >= 15 is 0 Å². The molecule has 2 aromatic rings. The van der Waals surface area contributed by atoms with Crippen LogP contribution in [0.1, 0.15) is 30.3 Å². The molecule has 2 N–H and O–H groups in total. The van der Waals surface area contributed by atoms with Gasteiger partial charge in [-0.2, -0.15) is 5.10 Å². The summed E-state index contributed by atoms with van der Waals surface area (Å²) < 4.78 is 0. The number of nitrogens with one attached hydrogen (secondary N) is 2. The van der Waals surface area contributed by atoms with Gasteiger partial charge in [0.1, 0.15) is 0 Å². The van der Waals surface area contributed by atoms with Gasteiger partial charge < -0.3 is 10.2 Å². The second-order valence-corrected chi connectivity index (χ2v) is 6.02. The smallest absolute Gasteiger partial charge is 0.220 e. The van der Waals surface area contributed by atoms with Crippen molar-refractivity contribution in [3.05, 3.63) is 47.3 Å². The molecule has 5 nitrogen and oxygen atoms in total. The third-order valence-electron chi connectivity index (χ3n) is 4.36. The molecule has 0 saturated carbocycles. The molecular weight excluding hydrogens is 288 g/mol. The summed E-state index contributed by atoms with van der Waals surface area (Å²) in [6.45, 7) is 6.76. The van der Waals surface area contributed by atoms with E-state index in [4.69, 9.17) is 0 Å². The zero-order valence-electron chi connectivity index (χ0n) is 14.4. The molecule has 0 fully saturated rings. The van der Waals surface area contributed by atoms with Gasteiger partial charge in [-0.1, -0.05) is 18.2 Å². The highest BCUT2D eigenvalue weighted by Crippen LogP contribution is 2.14. The number of aromatic amines is 1. The number of rotatable bonds is 7. The summed E-state index contributed by atoms with van der Waals surface area (Å²) in [5.41, 5.74) is 4.34. The van der Waals surface area contributed by atoms with Gasteiger partial charge in [0.05, 0.1) is 5.69 Å². The van der Waals surface area contributed by atoms with Gasteiger partial charge in [0.2, 0.25) is 5.91 Å². The third-order valence-corrected chi connectivity index (χ3v) is 4.36. The first kappa shape index (κ1) is 17.1. The van der Waals surface area contributed by atoms with Crippen LogP contribution in [0.4, 0.5) is 5.69 Å². The highest BCUT2D eigenvalue weighted by molar-refractivity contribution is 5.76. The molecule has 124 valence electrons. The number of amides is 1. The summed E-state index contributed by atoms with van der Waals surface area (Å²) in [6, 6.07) is 10.4. The molecule has 0 radical (unpaired) electrons. The maximum atomic E-state index is 12.0. The van der Waals surface area contributed by atoms with Crippen LogP contribution >= 0.6 is 0 Å². The molecule has 0 aliphatic rings. The lowest BCUT2D eigenvalue weighted by Crippen LogP contribution is -2.40. The van der Waals surface area contributed by atoms with Crippen molar-refractivity contribution in [2.24, 2.45) is 0 Å². The minimum absolute atomic E-state index is 0.0679. The first-order chi connectivity index (χ1) is 11.0. The summed E-state index contributed by atoms with van der Waals surface area (Å²) in [5.74, 6) is 0.0679. The van der Waals surface area contributed by atoms with E-state index in [1.165, 1.54) is 0 Å². The minimum Gasteiger partial charge on any atom is -0.370 e. The van der Waals surface area contributed by atoms with Crippen LogP contribution in [0.25, 0.3) is 0 Å². The van der Waals surface area contributed by atoms with Crippen LogP contribution in [-0.4, -0.2) is 35.7 Å². The standard InChI is InChI=1S/C18H26N4O/c1-13(22(4)16-8-6-5-7-9-16)12-19-18(23)11-10-17-14(2)15(3)20-21-17/h5-9,13H,10-12H2,1-4H3,(H,19,23)(H,20,21)/t13-/m1/s1. The van der Waals surface area contributed by atoms with Crippen LogP contribution in [0.15, 0.2) is 30.3 Å². The minimum atomic E-state index is 0.0679. The predicted octanol–water partition coefficient (Wildman–Crippen LogP) is 2.60. The van der Waals surface area contributed by atoms with Crippen molar-refractivity contribution in [2.75, 3.05) is 18.5 Å². The van der Waals surface area contributed by atoms with Crippen LogP contribution in [0.3, 0.4) is 0 Å². The molecule has 0 saturated heterocycles. The van der Waals surface area contributed by atoms with Crippen molar-refractivity contribution in [3.63, 3.8) is 0 Å². The van der Waals surface area contributed by atoms with E-state index in [9.17, 15) is 4.79 Å². The fourth-order valence-corrected chi connectivity index (χ4v) is 2.42. The van der Waals surface area contributed by atoms with E-state index in [1.807, 2.05) is 39.1 Å². The van der Waals surface area contributed by atoms with Crippen molar-refractivity contribution in [1.29, 1.82) is 0 Å². The average Bonchev–Trinajstić information content (AvgIpc) is 2.89. The van der Waals surface area contributed by atoms with Gasteiger partial charge in [-0.05, 0) is 38.5 Å². The Bertz CT molecular complexity index is 636. The van der Waals surface area contributed by atoms with Gasteiger partial charge in [0.25, 0.3) is 0 Å². The fourth-order valence-electron chi connectivity index (χ4n) is 2.42. The molecular formula is C18H26N4O. The van der Waals surface area contributed by atoms with Crippen molar-refractivity contribution >= 4 is 11.6 Å². The van der Waals surface area contributed by atoms with Crippen molar-refractivity contribution in [2.45, 2.75) is 39.7 Å². The average molecular weight is 314 g/mol. The van der Waals surface area contributed by atoms with E-state index in [0.29, 0.717) is 19.4 Å². The molecule has 2 rings (SSSR count). The number of likely N-dealkylation sites (N-methyl/N-ethyl adjacent to an activating group) is 1. The Morgan fingerprint density at radius 2 is 2.00 bits per heavy atom. The number of H-pyrrole nitrogens is 1. The summed E-state index contributed by atoms with van der Waals surface area (Å²) >= 11 is 0. The Labute approximate surface area is 138 Å². The first-order valence-electron chi connectivity index (χ1n) is 8.04. The second-order valence-electron chi connectivity index (χ2n) is 6.02. The number of hydrogen-bond acceptors (Lipinski definition) is 3. The number of anilines is 1. The second kappa shape index (κ2) is 7.81. The molecule has 0 bridgehead atoms. The Morgan fingerprint density at radius 1 is 1.30 bits per heavy atom. The molecule has 1 aromatic carbocycles. The number of nitrogens with zero attached hydrogens (tertiary/aromatic N) is 2. The van der Waals surface area contributed by atoms with E-state index in [2.05, 4.69) is 39.5 Å². The number of hydrogen-bond donors (Lipinski definition) is 2. The SMILES string of the molecule is Cc1[nH]nc(CCC(=O)NC[C@@H](C)N(C)c2ccccc2)c1C. The number of para-hydroxylation sites is 1. The van der Waals surface area contributed by atoms with Gasteiger partial charge in [0, 0.05) is 43.9 Å². The number of carbonyl (C=O) groups excluding carboxylic acids is 1. The predicted molar refractivity (Wildman–Crippen MR) is 93.7 cm³/mol. The Kier molecular flexibility index (Phi) is 5.79. The quantitative estimate of drug-likeness (QED) is 0.826. The Hall–Kier alpha value is -2.30. The number of aryl methyl sites for hydroxylation is 2. The third kappa shape index (κ3) is 4.58. The highest BCUT2D eigenvalue weighted by Gasteiger charge is 2.12. The number of carbonyl (C=O) groups is 1. The molecule has 0 unspecified atom stereocenters. The topological polar surface area (TPSA) is 61.0 Å². The van der Waals surface area contributed by atoms with Crippen LogP contribution < -0.4 is 10.2 Å². The Morgan fingerprint density at radius 3 is 2.61 bits per heavy atom. The Balaban J connectivity index is 1.76. The molecule has 1 amide bonds. The van der Waals surface area contributed by atoms with Gasteiger partial charge in [-0.3, -0.25) is 9.89 Å². The molecule has 0 spiro atoms. The molecule has 1 heterocycles. The normalized spacial score (nSPS) is 12.0. The van der Waals surface area contributed by atoms with Crippen LogP contribution in [0.2, 0.25) is 0 Å². The van der Waals surface area contributed by atoms with Gasteiger partial charge >= 0.3 is 0 Å². The molecule has 0 aliphatic heterocycles. The maximum Gasteiger partial charge on any atom is 0.220 e. The monoisotopic (exact) mass is 314 g/mol. The molecule has 0 aliphatic carbocycles. The highest BCUT2D eigenvalue weighted by atomic mass is 16.1. The van der Waals surface area contributed by atoms with Gasteiger partial charge in [0.15, 0.2) is 0 Å². The summed E-state index contributed by atoms with van der Waals surface area (Å²) in [4.78, 5) is 14.2. The lowest BCUT2D eigenvalue weighted by molar-refractivity contribution is -0.121. The zero-order chi connectivity index (χ0) is 16.8. The lowest BCUT2D eigenvalue weighted by Gasteiger charge is -2.27. The molecule has 1 atom stereocenters. The van der Waals surface area contributed by atoms with E-state index < -0.39 is 0 Å². The lowest BCUT2D eigenvalue weighted by atomic mass is 10.1. The van der Waals surface area contributed by atoms with Gasteiger partial charge in [-0.25, -0.2) is 0 Å². The largest absolute Gasteiger partial charge is 0.370 e. The van der Waals surface area contributed by atoms with Crippen LogP contribution in [0.5, 0.6) is 0 Å². The molecule has 23 heavy (non-hydrogen) atoms. The van der Waals surface area contributed by atoms with E-state index in [-0.39, 0.29) is 11.9 Å². The van der Waals surface area contributed by atoms with Crippen LogP contribution in [0, 0.1) is 13.8 Å². The summed E-state index contributed by atoms with van der Waals surface area (Å²) in [6.07, 6.45) is 1.14. The van der Waals surface area contributed by atoms with Crippen molar-refractivity contribution in [1.82, 2.24) is 15.5 Å². The van der Waals surface area contributed by atoms with Crippen LogP contribution in [-0.2, 0) is 11.2 Å². The van der Waals surface area contributed by atoms with E-state index in [0.717, 1.165) is 22.6 Å². The first-order valence-corrected chi connectivity index (χ1v) is 8.04. The van der Waals surface area contributed by atoms with Crippen molar-refractivity contribution < 1.29 is 4.79 Å². The van der Waals surface area contributed by atoms with Crippen molar-refractivity contribution in [3.8, 4) is 0 Å². The zero-order valence-corrected chi connectivity index (χ0v) is 14.4. The summed E-state index contributed by atoms with van der Waals surface area (Å²) in [5, 5.41) is 10.2. The molecule has 1 aromatic heterocycles.